The van der Waals surface area contributed by atoms with Crippen molar-refractivity contribution in [3.63, 3.8) is 0 Å². The van der Waals surface area contributed by atoms with E-state index in [1.807, 2.05) is 31.3 Å². The van der Waals surface area contributed by atoms with Gasteiger partial charge in [0, 0.05) is 26.1 Å². The molecule has 9 heteroatoms. The van der Waals surface area contributed by atoms with Gasteiger partial charge in [-0.05, 0) is 25.0 Å². The maximum Gasteiger partial charge on any atom is 0.298 e. The number of oxazole rings is 1. The molecule has 0 radical (unpaired) electrons. The first-order valence-corrected chi connectivity index (χ1v) is 9.09. The van der Waals surface area contributed by atoms with Crippen molar-refractivity contribution in [3.05, 3.63) is 48.6 Å². The molecule has 1 saturated heterocycles. The number of benzene rings is 1. The van der Waals surface area contributed by atoms with Crippen molar-refractivity contribution < 1.29 is 4.42 Å². The van der Waals surface area contributed by atoms with Crippen LogP contribution in [-0.4, -0.2) is 47.6 Å². The van der Waals surface area contributed by atoms with Crippen LogP contribution in [0.2, 0.25) is 0 Å². The van der Waals surface area contributed by atoms with Crippen LogP contribution in [0.4, 0.5) is 6.01 Å². The van der Waals surface area contributed by atoms with Crippen molar-refractivity contribution in [2.45, 2.75) is 25.3 Å². The van der Waals surface area contributed by atoms with Gasteiger partial charge in [-0.1, -0.05) is 12.1 Å². The molecule has 3 aromatic heterocycles. The molecule has 1 fully saturated rings. The Hall–Kier alpha value is -3.23. The molecule has 0 atom stereocenters. The summed E-state index contributed by atoms with van der Waals surface area (Å²) in [4.78, 5) is 10.8. The third-order valence-electron chi connectivity index (χ3n) is 5.18. The van der Waals surface area contributed by atoms with E-state index < -0.39 is 0 Å². The van der Waals surface area contributed by atoms with Gasteiger partial charge in [0.1, 0.15) is 30.5 Å². The van der Waals surface area contributed by atoms with E-state index >= 15 is 0 Å². The molecule has 4 heterocycles. The van der Waals surface area contributed by atoms with Crippen molar-refractivity contribution >= 4 is 17.1 Å². The van der Waals surface area contributed by atoms with Crippen LogP contribution >= 0.6 is 0 Å². The van der Waals surface area contributed by atoms with E-state index in [1.54, 1.807) is 11.0 Å². The molecule has 0 amide bonds. The molecule has 0 saturated carbocycles. The summed E-state index contributed by atoms with van der Waals surface area (Å²) in [5.74, 6) is 2.30. The minimum Gasteiger partial charge on any atom is -0.423 e. The van der Waals surface area contributed by atoms with Crippen LogP contribution in [-0.2, 0) is 13.6 Å². The van der Waals surface area contributed by atoms with E-state index in [-0.39, 0.29) is 0 Å². The fourth-order valence-electron chi connectivity index (χ4n) is 3.65. The second-order valence-corrected chi connectivity index (χ2v) is 6.85. The summed E-state index contributed by atoms with van der Waals surface area (Å²) in [5.41, 5.74) is 1.74. The van der Waals surface area contributed by atoms with Crippen molar-refractivity contribution in [3.8, 4) is 0 Å². The average molecular weight is 364 g/mol. The molecule has 0 bridgehead atoms. The maximum absolute atomic E-state index is 5.90. The fourth-order valence-corrected chi connectivity index (χ4v) is 3.65. The topological polar surface area (TPSA) is 90.7 Å². The second kappa shape index (κ2) is 6.49. The molecule has 5 rings (SSSR count). The van der Waals surface area contributed by atoms with Gasteiger partial charge in [0.05, 0.1) is 0 Å². The van der Waals surface area contributed by atoms with E-state index in [4.69, 9.17) is 4.42 Å². The summed E-state index contributed by atoms with van der Waals surface area (Å²) in [7, 11) is 2.02. The summed E-state index contributed by atoms with van der Waals surface area (Å²) in [6.45, 7) is 2.36. The van der Waals surface area contributed by atoms with Crippen LogP contribution in [0.15, 0.2) is 41.3 Å². The monoisotopic (exact) mass is 364 g/mol. The number of piperidine rings is 1. The highest BCUT2D eigenvalue weighted by molar-refractivity contribution is 5.74. The Morgan fingerprint density at radius 1 is 1.15 bits per heavy atom. The number of fused-ring (bicyclic) bond motifs is 1. The summed E-state index contributed by atoms with van der Waals surface area (Å²) in [6, 6.07) is 8.58. The van der Waals surface area contributed by atoms with Crippen LogP contribution in [0.3, 0.4) is 0 Å². The van der Waals surface area contributed by atoms with E-state index in [0.29, 0.717) is 18.5 Å². The van der Waals surface area contributed by atoms with Gasteiger partial charge in [0.2, 0.25) is 0 Å². The van der Waals surface area contributed by atoms with E-state index in [1.165, 1.54) is 6.33 Å². The molecule has 1 aliphatic rings. The Kier molecular flexibility index (Phi) is 3.84. The van der Waals surface area contributed by atoms with Gasteiger partial charge in [-0.15, -0.1) is 10.2 Å². The third-order valence-corrected chi connectivity index (χ3v) is 5.18. The Bertz CT molecular complexity index is 1010. The molecule has 0 N–H and O–H groups in total. The van der Waals surface area contributed by atoms with Crippen LogP contribution in [0.25, 0.3) is 11.1 Å². The standard InChI is InChI=1S/C18H20N8O/c1-24-16(10-26-12-19-11-20-26)22-23-17(24)13-6-8-25(9-7-13)18-21-14-4-2-3-5-15(14)27-18/h2-5,11-13H,6-10H2,1H3. The highest BCUT2D eigenvalue weighted by Gasteiger charge is 2.27. The first-order chi connectivity index (χ1) is 13.3. The van der Waals surface area contributed by atoms with Crippen LogP contribution in [0.1, 0.15) is 30.4 Å². The predicted octanol–water partition coefficient (Wildman–Crippen LogP) is 1.98. The van der Waals surface area contributed by atoms with Gasteiger partial charge in [-0.25, -0.2) is 9.67 Å². The Labute approximate surface area is 155 Å². The highest BCUT2D eigenvalue weighted by Crippen LogP contribution is 2.30. The molecular weight excluding hydrogens is 344 g/mol. The molecule has 9 nitrogen and oxygen atoms in total. The van der Waals surface area contributed by atoms with Gasteiger partial charge in [-0.2, -0.15) is 10.1 Å². The SMILES string of the molecule is Cn1c(Cn2cncn2)nnc1C1CCN(c2nc3ccccc3o2)CC1. The lowest BCUT2D eigenvalue weighted by Crippen LogP contribution is -2.33. The van der Waals surface area contributed by atoms with Crippen molar-refractivity contribution in [2.24, 2.45) is 7.05 Å². The first kappa shape index (κ1) is 16.0. The second-order valence-electron chi connectivity index (χ2n) is 6.85. The van der Waals surface area contributed by atoms with Gasteiger partial charge in [0.15, 0.2) is 11.4 Å². The van der Waals surface area contributed by atoms with E-state index in [9.17, 15) is 0 Å². The highest BCUT2D eigenvalue weighted by atomic mass is 16.4. The lowest BCUT2D eigenvalue weighted by molar-refractivity contribution is 0.446. The summed E-state index contributed by atoms with van der Waals surface area (Å²) in [5, 5.41) is 12.9. The number of para-hydroxylation sites is 2. The normalized spacial score (nSPS) is 15.7. The zero-order valence-electron chi connectivity index (χ0n) is 15.1. The third kappa shape index (κ3) is 2.94. The first-order valence-electron chi connectivity index (χ1n) is 9.09. The molecule has 1 aliphatic heterocycles. The quantitative estimate of drug-likeness (QED) is 0.547. The van der Waals surface area contributed by atoms with Crippen LogP contribution < -0.4 is 4.90 Å². The van der Waals surface area contributed by atoms with Gasteiger partial charge in [-0.3, -0.25) is 0 Å². The summed E-state index contributed by atoms with van der Waals surface area (Å²) in [6.07, 6.45) is 5.20. The summed E-state index contributed by atoms with van der Waals surface area (Å²) < 4.78 is 9.74. The van der Waals surface area contributed by atoms with Gasteiger partial charge in [0.25, 0.3) is 6.01 Å². The number of aromatic nitrogens is 7. The molecule has 1 aromatic carbocycles. The smallest absolute Gasteiger partial charge is 0.298 e. The van der Waals surface area contributed by atoms with Gasteiger partial charge < -0.3 is 13.9 Å². The maximum atomic E-state index is 5.90. The summed E-state index contributed by atoms with van der Waals surface area (Å²) >= 11 is 0. The number of hydrogen-bond donors (Lipinski definition) is 0. The predicted molar refractivity (Wildman–Crippen MR) is 98.3 cm³/mol. The van der Waals surface area contributed by atoms with Gasteiger partial charge >= 0.3 is 0 Å². The largest absolute Gasteiger partial charge is 0.423 e. The molecule has 138 valence electrons. The number of rotatable bonds is 4. The fraction of sp³-hybridized carbons (Fsp3) is 0.389. The molecule has 0 spiro atoms. The Morgan fingerprint density at radius 2 is 2.00 bits per heavy atom. The lowest BCUT2D eigenvalue weighted by atomic mass is 9.96. The number of nitrogens with zero attached hydrogens (tertiary/aromatic N) is 8. The average Bonchev–Trinajstić information content (AvgIpc) is 3.43. The zero-order valence-corrected chi connectivity index (χ0v) is 15.1. The lowest BCUT2D eigenvalue weighted by Gasteiger charge is -2.30. The molecular formula is C18H20N8O. The van der Waals surface area contributed by atoms with Crippen LogP contribution in [0, 0.1) is 0 Å². The zero-order chi connectivity index (χ0) is 18.2. The molecule has 0 unspecified atom stereocenters. The Balaban J connectivity index is 1.28. The minimum atomic E-state index is 0.382. The Morgan fingerprint density at radius 3 is 2.78 bits per heavy atom. The molecule has 0 aliphatic carbocycles. The molecule has 4 aromatic rings. The van der Waals surface area contributed by atoms with Crippen LogP contribution in [0.5, 0.6) is 0 Å². The number of hydrogen-bond acceptors (Lipinski definition) is 7. The molecule has 27 heavy (non-hydrogen) atoms. The van der Waals surface area contributed by atoms with E-state index in [0.717, 1.165) is 48.7 Å². The minimum absolute atomic E-state index is 0.382. The van der Waals surface area contributed by atoms with Crippen molar-refractivity contribution in [1.82, 2.24) is 34.5 Å². The number of anilines is 1. The van der Waals surface area contributed by atoms with Crippen molar-refractivity contribution in [2.75, 3.05) is 18.0 Å². The van der Waals surface area contributed by atoms with E-state index in [2.05, 4.69) is 34.7 Å². The van der Waals surface area contributed by atoms with Crippen molar-refractivity contribution in [1.29, 1.82) is 0 Å².